The molecule has 0 amide bonds. The van der Waals surface area contributed by atoms with Gasteiger partial charge in [-0.15, -0.1) is 0 Å². The van der Waals surface area contributed by atoms with Crippen LogP contribution in [0.2, 0.25) is 0 Å². The number of pyridine rings is 1. The molecule has 0 saturated heterocycles. The maximum absolute atomic E-state index is 10.8. The largest absolute Gasteiger partial charge is 0.478 e. The Labute approximate surface area is 103 Å². The average molecular weight is 255 g/mol. The first kappa shape index (κ1) is 13.8. The lowest BCUT2D eigenvalue weighted by molar-refractivity contribution is -0.384. The second kappa shape index (κ2) is 6.50. The molecule has 0 fully saturated rings. The quantitative estimate of drug-likeness (QED) is 0.426. The maximum atomic E-state index is 10.8. The van der Waals surface area contributed by atoms with E-state index in [1.54, 1.807) is 7.11 Å². The zero-order chi connectivity index (χ0) is 13.5. The molecule has 0 radical (unpaired) electrons. The van der Waals surface area contributed by atoms with E-state index in [-0.39, 0.29) is 17.1 Å². The third kappa shape index (κ3) is 3.67. The second-order valence-electron chi connectivity index (χ2n) is 3.43. The number of nitro groups is 1. The summed E-state index contributed by atoms with van der Waals surface area (Å²) in [4.78, 5) is 24.6. The van der Waals surface area contributed by atoms with E-state index in [1.165, 1.54) is 0 Å². The molecular formula is C10H13N3O5. The highest BCUT2D eigenvalue weighted by Crippen LogP contribution is 2.22. The van der Waals surface area contributed by atoms with E-state index in [0.717, 1.165) is 12.3 Å². The minimum Gasteiger partial charge on any atom is -0.478 e. The van der Waals surface area contributed by atoms with Crippen LogP contribution in [0.5, 0.6) is 0 Å². The molecule has 8 heteroatoms. The van der Waals surface area contributed by atoms with Crippen LogP contribution in [0.3, 0.4) is 0 Å². The Kier molecular flexibility index (Phi) is 5.00. The molecule has 1 rings (SSSR count). The number of carbonyl (C=O) groups is 1. The Hall–Kier alpha value is -2.22. The molecule has 0 atom stereocenters. The third-order valence-electron chi connectivity index (χ3n) is 2.13. The molecule has 0 aliphatic carbocycles. The van der Waals surface area contributed by atoms with E-state index in [4.69, 9.17) is 9.84 Å². The fourth-order valence-corrected chi connectivity index (χ4v) is 1.27. The van der Waals surface area contributed by atoms with Gasteiger partial charge in [-0.25, -0.2) is 9.78 Å². The minimum atomic E-state index is -1.25. The van der Waals surface area contributed by atoms with Crippen LogP contribution in [0.4, 0.5) is 11.5 Å². The van der Waals surface area contributed by atoms with Gasteiger partial charge in [0.25, 0.3) is 0 Å². The van der Waals surface area contributed by atoms with Crippen molar-refractivity contribution in [3.8, 4) is 0 Å². The van der Waals surface area contributed by atoms with Gasteiger partial charge in [-0.2, -0.15) is 0 Å². The van der Waals surface area contributed by atoms with E-state index in [9.17, 15) is 14.9 Å². The molecular weight excluding hydrogens is 242 g/mol. The zero-order valence-electron chi connectivity index (χ0n) is 9.75. The van der Waals surface area contributed by atoms with Crippen molar-refractivity contribution < 1.29 is 19.6 Å². The van der Waals surface area contributed by atoms with Crippen molar-refractivity contribution in [1.29, 1.82) is 0 Å². The van der Waals surface area contributed by atoms with E-state index in [2.05, 4.69) is 10.3 Å². The number of nitrogens with one attached hydrogen (secondary N) is 1. The van der Waals surface area contributed by atoms with Crippen LogP contribution in [0.15, 0.2) is 12.3 Å². The first-order chi connectivity index (χ1) is 8.56. The fourth-order valence-electron chi connectivity index (χ4n) is 1.27. The highest BCUT2D eigenvalue weighted by atomic mass is 16.6. The summed E-state index contributed by atoms with van der Waals surface area (Å²) in [6.07, 6.45) is 1.74. The van der Waals surface area contributed by atoms with E-state index in [0.29, 0.717) is 19.6 Å². The molecule has 0 bridgehead atoms. The highest BCUT2D eigenvalue weighted by molar-refractivity contribution is 5.88. The molecule has 8 nitrogen and oxygen atoms in total. The topological polar surface area (TPSA) is 115 Å². The van der Waals surface area contributed by atoms with Crippen molar-refractivity contribution >= 4 is 17.5 Å². The summed E-state index contributed by atoms with van der Waals surface area (Å²) in [5.41, 5.74) is -0.573. The van der Waals surface area contributed by atoms with Crippen molar-refractivity contribution in [2.45, 2.75) is 6.42 Å². The smallest absolute Gasteiger partial charge is 0.337 e. The van der Waals surface area contributed by atoms with Crippen LogP contribution in [-0.4, -0.2) is 41.2 Å². The van der Waals surface area contributed by atoms with Crippen LogP contribution >= 0.6 is 0 Å². The Morgan fingerprint density at radius 3 is 2.94 bits per heavy atom. The number of aromatic nitrogens is 1. The monoisotopic (exact) mass is 255 g/mol. The average Bonchev–Trinajstić information content (AvgIpc) is 2.34. The number of carboxylic acids is 1. The van der Waals surface area contributed by atoms with Gasteiger partial charge in [0, 0.05) is 32.5 Å². The summed E-state index contributed by atoms with van der Waals surface area (Å²) in [5.74, 6) is -1.20. The van der Waals surface area contributed by atoms with Gasteiger partial charge in [-0.3, -0.25) is 10.1 Å². The van der Waals surface area contributed by atoms with Gasteiger partial charge in [0.1, 0.15) is 0 Å². The van der Waals surface area contributed by atoms with Gasteiger partial charge in [0.2, 0.25) is 5.82 Å². The highest BCUT2D eigenvalue weighted by Gasteiger charge is 2.18. The Morgan fingerprint density at radius 1 is 1.67 bits per heavy atom. The molecule has 1 aromatic rings. The van der Waals surface area contributed by atoms with Gasteiger partial charge in [0.15, 0.2) is 0 Å². The van der Waals surface area contributed by atoms with Crippen molar-refractivity contribution in [1.82, 2.24) is 4.98 Å². The molecule has 2 N–H and O–H groups in total. The van der Waals surface area contributed by atoms with Gasteiger partial charge in [-0.05, 0) is 6.42 Å². The van der Waals surface area contributed by atoms with Crippen LogP contribution in [0, 0.1) is 10.1 Å². The summed E-state index contributed by atoms with van der Waals surface area (Å²) >= 11 is 0. The van der Waals surface area contributed by atoms with Crippen molar-refractivity contribution in [3.05, 3.63) is 27.9 Å². The Balaban J connectivity index is 2.83. The Morgan fingerprint density at radius 2 is 2.39 bits per heavy atom. The number of carboxylic acid groups (broad SMARTS) is 1. The number of hydrogen-bond acceptors (Lipinski definition) is 6. The maximum Gasteiger partial charge on any atom is 0.337 e. The van der Waals surface area contributed by atoms with Crippen molar-refractivity contribution in [3.63, 3.8) is 0 Å². The van der Waals surface area contributed by atoms with Crippen LogP contribution in [0.1, 0.15) is 16.8 Å². The van der Waals surface area contributed by atoms with E-state index >= 15 is 0 Å². The lowest BCUT2D eigenvalue weighted by Gasteiger charge is -2.06. The molecule has 0 unspecified atom stereocenters. The van der Waals surface area contributed by atoms with E-state index in [1.807, 2.05) is 0 Å². The first-order valence-corrected chi connectivity index (χ1v) is 5.16. The normalized spacial score (nSPS) is 10.1. The molecule has 1 heterocycles. The molecule has 0 aliphatic rings. The first-order valence-electron chi connectivity index (χ1n) is 5.16. The zero-order valence-corrected chi connectivity index (χ0v) is 9.75. The Bertz CT molecular complexity index is 449. The molecule has 0 aliphatic heterocycles. The van der Waals surface area contributed by atoms with Crippen LogP contribution in [0.25, 0.3) is 0 Å². The lowest BCUT2D eigenvalue weighted by Crippen LogP contribution is -2.09. The number of rotatable bonds is 7. The summed E-state index contributed by atoms with van der Waals surface area (Å²) in [5, 5.41) is 22.3. The van der Waals surface area contributed by atoms with Gasteiger partial charge in [-0.1, -0.05) is 0 Å². The second-order valence-corrected chi connectivity index (χ2v) is 3.43. The third-order valence-corrected chi connectivity index (χ3v) is 2.13. The minimum absolute atomic E-state index is 0.0566. The summed E-state index contributed by atoms with van der Waals surface area (Å²) in [6.45, 7) is 0.974. The SMILES string of the molecule is COCCCNc1ncc(C(=O)O)cc1[N+](=O)[O-]. The predicted octanol–water partition coefficient (Wildman–Crippen LogP) is 1.14. The van der Waals surface area contributed by atoms with Crippen LogP contribution in [-0.2, 0) is 4.74 Å². The molecule has 0 spiro atoms. The number of anilines is 1. The van der Waals surface area contributed by atoms with Gasteiger partial charge < -0.3 is 15.2 Å². The number of hydrogen-bond donors (Lipinski definition) is 2. The number of aromatic carboxylic acids is 1. The van der Waals surface area contributed by atoms with E-state index < -0.39 is 10.9 Å². The lowest BCUT2D eigenvalue weighted by atomic mass is 10.2. The molecule has 0 aromatic carbocycles. The molecule has 1 aromatic heterocycles. The molecule has 0 saturated carbocycles. The summed E-state index contributed by atoms with van der Waals surface area (Å²) in [7, 11) is 1.56. The number of methoxy groups -OCH3 is 1. The number of nitrogens with zero attached hydrogens (tertiary/aromatic N) is 2. The summed E-state index contributed by atoms with van der Waals surface area (Å²) < 4.78 is 4.84. The van der Waals surface area contributed by atoms with Crippen molar-refractivity contribution in [2.75, 3.05) is 25.6 Å². The molecule has 18 heavy (non-hydrogen) atoms. The van der Waals surface area contributed by atoms with Crippen molar-refractivity contribution in [2.24, 2.45) is 0 Å². The summed E-state index contributed by atoms with van der Waals surface area (Å²) in [6, 6.07) is 0.980. The van der Waals surface area contributed by atoms with Gasteiger partial charge >= 0.3 is 11.7 Å². The number of ether oxygens (including phenoxy) is 1. The molecule has 98 valence electrons. The predicted molar refractivity (Wildman–Crippen MR) is 62.8 cm³/mol. The van der Waals surface area contributed by atoms with Crippen LogP contribution < -0.4 is 5.32 Å². The van der Waals surface area contributed by atoms with Gasteiger partial charge in [0.05, 0.1) is 10.5 Å². The fraction of sp³-hybridized carbons (Fsp3) is 0.400. The standard InChI is InChI=1S/C10H13N3O5/c1-18-4-2-3-11-9-8(13(16)17)5-7(6-12-9)10(14)15/h5-6H,2-4H2,1H3,(H,11,12)(H,14,15).